The molecule has 0 unspecified atom stereocenters. The van der Waals surface area contributed by atoms with Gasteiger partial charge in [-0.2, -0.15) is 13.2 Å². The summed E-state index contributed by atoms with van der Waals surface area (Å²) in [6, 6.07) is 12.6. The predicted octanol–water partition coefficient (Wildman–Crippen LogP) is 5.11. The molecule has 0 saturated carbocycles. The molecule has 3 nitrogen and oxygen atoms in total. The minimum atomic E-state index is -4.95. The number of allylic oxidation sites excluding steroid dienone is 2. The number of alkyl halides is 3. The van der Waals surface area contributed by atoms with Crippen molar-refractivity contribution in [1.82, 2.24) is 0 Å². The molecule has 2 aromatic rings. The number of carbonyl (C=O) groups excluding carboxylic acids is 1. The van der Waals surface area contributed by atoms with Gasteiger partial charge in [0.15, 0.2) is 5.78 Å². The van der Waals surface area contributed by atoms with E-state index in [1.54, 1.807) is 18.2 Å². The third-order valence-corrected chi connectivity index (χ3v) is 3.42. The molecule has 0 atom stereocenters. The van der Waals surface area contributed by atoms with Gasteiger partial charge < -0.3 is 9.84 Å². The maximum absolute atomic E-state index is 12.2. The normalized spacial score (nSPS) is 12.1. The molecular formula is C17H12ClF3O3. The molecule has 0 amide bonds. The highest BCUT2D eigenvalue weighted by atomic mass is 35.5. The first-order valence-corrected chi connectivity index (χ1v) is 7.13. The van der Waals surface area contributed by atoms with Crippen molar-refractivity contribution in [2.45, 2.75) is 12.8 Å². The van der Waals surface area contributed by atoms with Gasteiger partial charge in [-0.3, -0.25) is 4.79 Å². The summed E-state index contributed by atoms with van der Waals surface area (Å²) in [6.45, 7) is 0.210. The highest BCUT2D eigenvalue weighted by molar-refractivity contribution is 6.31. The van der Waals surface area contributed by atoms with Crippen LogP contribution in [-0.4, -0.2) is 17.1 Å². The molecular weight excluding hydrogens is 345 g/mol. The van der Waals surface area contributed by atoms with E-state index in [1.165, 1.54) is 24.3 Å². The van der Waals surface area contributed by atoms with Crippen LogP contribution in [0.2, 0.25) is 5.02 Å². The largest absolute Gasteiger partial charge is 0.504 e. The third-order valence-electron chi connectivity index (χ3n) is 3.05. The fourth-order valence-corrected chi connectivity index (χ4v) is 1.97. The average molecular weight is 357 g/mol. The SMILES string of the molecule is O=C(C=C(O)C(F)(F)F)c1ccc(OCc2ccccc2Cl)cc1. The molecule has 24 heavy (non-hydrogen) atoms. The van der Waals surface area contributed by atoms with E-state index < -0.39 is 17.7 Å². The van der Waals surface area contributed by atoms with Gasteiger partial charge in [0.2, 0.25) is 5.76 Å². The lowest BCUT2D eigenvalue weighted by molar-refractivity contribution is -0.120. The van der Waals surface area contributed by atoms with Gasteiger partial charge in [-0.1, -0.05) is 29.8 Å². The monoisotopic (exact) mass is 356 g/mol. The van der Waals surface area contributed by atoms with Crippen LogP contribution >= 0.6 is 11.6 Å². The van der Waals surface area contributed by atoms with Crippen LogP contribution in [-0.2, 0) is 6.61 Å². The number of aliphatic hydroxyl groups excluding tert-OH is 1. The maximum Gasteiger partial charge on any atom is 0.448 e. The van der Waals surface area contributed by atoms with Crippen molar-refractivity contribution in [1.29, 1.82) is 0 Å². The quantitative estimate of drug-likeness (QED) is 0.460. The van der Waals surface area contributed by atoms with Gasteiger partial charge in [0.1, 0.15) is 12.4 Å². The molecule has 0 spiro atoms. The van der Waals surface area contributed by atoms with Gasteiger partial charge in [-0.25, -0.2) is 0 Å². The molecule has 7 heteroatoms. The summed E-state index contributed by atoms with van der Waals surface area (Å²) in [7, 11) is 0. The average Bonchev–Trinajstić information content (AvgIpc) is 2.53. The van der Waals surface area contributed by atoms with Crippen LogP contribution in [0.5, 0.6) is 5.75 Å². The minimum Gasteiger partial charge on any atom is -0.504 e. The summed E-state index contributed by atoms with van der Waals surface area (Å²) in [5.74, 6) is -2.47. The van der Waals surface area contributed by atoms with E-state index in [0.717, 1.165) is 5.56 Å². The Morgan fingerprint density at radius 1 is 1.12 bits per heavy atom. The van der Waals surface area contributed by atoms with Gasteiger partial charge >= 0.3 is 6.18 Å². The molecule has 0 saturated heterocycles. The Morgan fingerprint density at radius 2 is 1.75 bits per heavy atom. The minimum absolute atomic E-state index is 0.00380. The summed E-state index contributed by atoms with van der Waals surface area (Å²) in [5, 5.41) is 9.34. The van der Waals surface area contributed by atoms with E-state index >= 15 is 0 Å². The molecule has 1 N–H and O–H groups in total. The summed E-state index contributed by atoms with van der Waals surface area (Å²) in [5.41, 5.74) is 0.772. The van der Waals surface area contributed by atoms with Crippen molar-refractivity contribution in [3.05, 3.63) is 76.5 Å². The first kappa shape index (κ1) is 17.9. The number of rotatable bonds is 5. The highest BCUT2D eigenvalue weighted by Crippen LogP contribution is 2.24. The van der Waals surface area contributed by atoms with Crippen LogP contribution in [0.15, 0.2) is 60.4 Å². The number of carbonyl (C=O) groups is 1. The molecule has 0 aromatic heterocycles. The highest BCUT2D eigenvalue weighted by Gasteiger charge is 2.34. The lowest BCUT2D eigenvalue weighted by Crippen LogP contribution is -2.13. The van der Waals surface area contributed by atoms with Gasteiger partial charge in [0.05, 0.1) is 0 Å². The van der Waals surface area contributed by atoms with E-state index in [1.807, 2.05) is 6.07 Å². The number of ether oxygens (including phenoxy) is 1. The Balaban J connectivity index is 2.03. The predicted molar refractivity (Wildman–Crippen MR) is 83.3 cm³/mol. The number of ketones is 1. The van der Waals surface area contributed by atoms with Crippen LogP contribution in [0.3, 0.4) is 0 Å². The van der Waals surface area contributed by atoms with Gasteiger partial charge in [-0.15, -0.1) is 0 Å². The van der Waals surface area contributed by atoms with Crippen LogP contribution < -0.4 is 4.74 Å². The van der Waals surface area contributed by atoms with Crippen molar-refractivity contribution in [3.8, 4) is 5.75 Å². The van der Waals surface area contributed by atoms with Crippen molar-refractivity contribution in [2.75, 3.05) is 0 Å². The van der Waals surface area contributed by atoms with E-state index in [4.69, 9.17) is 21.4 Å². The molecule has 2 rings (SSSR count). The first-order valence-electron chi connectivity index (χ1n) is 6.76. The zero-order valence-electron chi connectivity index (χ0n) is 12.2. The summed E-state index contributed by atoms with van der Waals surface area (Å²) in [6.07, 6.45) is -4.81. The first-order chi connectivity index (χ1) is 11.3. The van der Waals surface area contributed by atoms with E-state index in [2.05, 4.69) is 0 Å². The zero-order chi connectivity index (χ0) is 17.7. The zero-order valence-corrected chi connectivity index (χ0v) is 12.9. The second-order valence-corrected chi connectivity index (χ2v) is 5.20. The molecule has 2 aromatic carbocycles. The van der Waals surface area contributed by atoms with Crippen molar-refractivity contribution >= 4 is 17.4 Å². The lowest BCUT2D eigenvalue weighted by Gasteiger charge is -2.08. The van der Waals surface area contributed by atoms with Crippen LogP contribution in [0.1, 0.15) is 15.9 Å². The van der Waals surface area contributed by atoms with Crippen molar-refractivity contribution in [2.24, 2.45) is 0 Å². The van der Waals surface area contributed by atoms with Crippen molar-refractivity contribution in [3.63, 3.8) is 0 Å². The van der Waals surface area contributed by atoms with Gasteiger partial charge in [0.25, 0.3) is 0 Å². The van der Waals surface area contributed by atoms with Crippen LogP contribution in [0.4, 0.5) is 13.2 Å². The number of hydrogen-bond acceptors (Lipinski definition) is 3. The maximum atomic E-state index is 12.2. The van der Waals surface area contributed by atoms with Crippen LogP contribution in [0.25, 0.3) is 0 Å². The summed E-state index contributed by atoms with van der Waals surface area (Å²) >= 11 is 6.00. The lowest BCUT2D eigenvalue weighted by atomic mass is 10.1. The topological polar surface area (TPSA) is 46.5 Å². The number of aliphatic hydroxyl groups is 1. The molecule has 0 heterocycles. The Bertz CT molecular complexity index is 752. The Hall–Kier alpha value is -2.47. The molecule has 0 radical (unpaired) electrons. The van der Waals surface area contributed by atoms with Gasteiger partial charge in [-0.05, 0) is 30.3 Å². The standard InChI is InChI=1S/C17H12ClF3O3/c18-14-4-2-1-3-12(14)10-24-13-7-5-11(6-8-13)15(22)9-16(23)17(19,20)21/h1-9,23H,10H2. The second kappa shape index (κ2) is 7.40. The molecule has 0 aliphatic carbocycles. The Kier molecular flexibility index (Phi) is 5.51. The smallest absolute Gasteiger partial charge is 0.448 e. The fourth-order valence-electron chi connectivity index (χ4n) is 1.78. The summed E-state index contributed by atoms with van der Waals surface area (Å²) < 4.78 is 42.0. The van der Waals surface area contributed by atoms with Gasteiger partial charge in [0, 0.05) is 22.2 Å². The number of hydrogen-bond donors (Lipinski definition) is 1. The van der Waals surface area contributed by atoms with E-state index in [-0.39, 0.29) is 18.2 Å². The fraction of sp³-hybridized carbons (Fsp3) is 0.118. The van der Waals surface area contributed by atoms with Crippen molar-refractivity contribution < 1.29 is 27.8 Å². The Morgan fingerprint density at radius 3 is 2.33 bits per heavy atom. The van der Waals surface area contributed by atoms with E-state index in [0.29, 0.717) is 10.8 Å². The number of benzene rings is 2. The molecule has 0 aliphatic heterocycles. The molecule has 0 aliphatic rings. The Labute approximate surface area is 140 Å². The second-order valence-electron chi connectivity index (χ2n) is 4.80. The van der Waals surface area contributed by atoms with E-state index in [9.17, 15) is 18.0 Å². The molecule has 0 fully saturated rings. The molecule has 0 bridgehead atoms. The van der Waals surface area contributed by atoms with Crippen LogP contribution in [0, 0.1) is 0 Å². The molecule has 126 valence electrons. The summed E-state index contributed by atoms with van der Waals surface area (Å²) in [4.78, 5) is 11.6. The third kappa shape index (κ3) is 4.76. The number of halogens is 4.